The van der Waals surface area contributed by atoms with E-state index in [9.17, 15) is 4.79 Å². The molecule has 122 valence electrons. The Morgan fingerprint density at radius 3 is 2.75 bits per heavy atom. The Hall–Kier alpha value is 0.320. The number of likely N-dealkylation sites (N-methyl/N-ethyl adjacent to an activating group) is 1. The maximum absolute atomic E-state index is 11.8. The Balaban J connectivity index is 0. The highest BCUT2D eigenvalue weighted by Crippen LogP contribution is 2.09. The van der Waals surface area contributed by atoms with Crippen molar-refractivity contribution >= 4 is 42.5 Å². The number of thioether (sulfide) groups is 1. The number of carbonyl (C=O) groups excluding carboxylic acids is 1. The summed E-state index contributed by atoms with van der Waals surface area (Å²) in [6, 6.07) is 0.939. The largest absolute Gasteiger partial charge is 0.355 e. The highest BCUT2D eigenvalue weighted by molar-refractivity contribution is 7.99. The van der Waals surface area contributed by atoms with Gasteiger partial charge in [-0.1, -0.05) is 6.92 Å². The number of amides is 1. The summed E-state index contributed by atoms with van der Waals surface area (Å²) in [6.07, 6.45) is 1.76. The third-order valence-electron chi connectivity index (χ3n) is 3.56. The molecule has 0 spiro atoms. The summed E-state index contributed by atoms with van der Waals surface area (Å²) in [7, 11) is 2.11. The van der Waals surface area contributed by atoms with Gasteiger partial charge in [-0.2, -0.15) is 11.8 Å². The fraction of sp³-hybridized carbons (Fsp3) is 0.923. The first-order valence-electron chi connectivity index (χ1n) is 6.91. The average Bonchev–Trinajstić information content (AvgIpc) is 2.38. The normalized spacial score (nSPS) is 19.7. The van der Waals surface area contributed by atoms with Gasteiger partial charge in [0.1, 0.15) is 0 Å². The number of hydrogen-bond donors (Lipinski definition) is 2. The average molecular weight is 346 g/mol. The van der Waals surface area contributed by atoms with E-state index in [1.807, 2.05) is 11.8 Å². The van der Waals surface area contributed by atoms with Crippen LogP contribution >= 0.6 is 36.6 Å². The van der Waals surface area contributed by atoms with Crippen molar-refractivity contribution in [2.24, 2.45) is 0 Å². The summed E-state index contributed by atoms with van der Waals surface area (Å²) in [5.41, 5.74) is 0. The molecule has 2 N–H and O–H groups in total. The van der Waals surface area contributed by atoms with Gasteiger partial charge in [0.25, 0.3) is 0 Å². The third-order valence-corrected chi connectivity index (χ3v) is 4.69. The van der Waals surface area contributed by atoms with E-state index in [1.165, 1.54) is 0 Å². The lowest BCUT2D eigenvalue weighted by molar-refractivity contribution is -0.121. The topological polar surface area (TPSA) is 44.4 Å². The molecule has 1 fully saturated rings. The first kappa shape index (κ1) is 22.6. The van der Waals surface area contributed by atoms with Crippen LogP contribution in [0.1, 0.15) is 26.7 Å². The van der Waals surface area contributed by atoms with Crippen LogP contribution in [0.4, 0.5) is 0 Å². The molecule has 1 rings (SSSR count). The van der Waals surface area contributed by atoms with E-state index in [-0.39, 0.29) is 30.7 Å². The van der Waals surface area contributed by atoms with Crippen molar-refractivity contribution in [3.8, 4) is 0 Å². The molecule has 1 saturated heterocycles. The highest BCUT2D eigenvalue weighted by Gasteiger charge is 2.16. The Morgan fingerprint density at radius 2 is 2.20 bits per heavy atom. The lowest BCUT2D eigenvalue weighted by atomic mass is 10.2. The quantitative estimate of drug-likeness (QED) is 0.738. The van der Waals surface area contributed by atoms with Crippen molar-refractivity contribution in [2.75, 3.05) is 38.2 Å². The molecule has 1 aliphatic rings. The maximum atomic E-state index is 11.8. The zero-order chi connectivity index (χ0) is 13.4. The molecule has 2 unspecified atom stereocenters. The van der Waals surface area contributed by atoms with E-state index in [4.69, 9.17) is 0 Å². The monoisotopic (exact) mass is 345 g/mol. The minimum absolute atomic E-state index is 0. The van der Waals surface area contributed by atoms with Crippen molar-refractivity contribution < 1.29 is 4.79 Å². The second kappa shape index (κ2) is 13.0. The number of carbonyl (C=O) groups is 1. The number of nitrogens with one attached hydrogen (secondary N) is 2. The lowest BCUT2D eigenvalue weighted by Crippen LogP contribution is -2.43. The summed E-state index contributed by atoms with van der Waals surface area (Å²) < 4.78 is 0. The van der Waals surface area contributed by atoms with Gasteiger partial charge in [0.2, 0.25) is 5.91 Å². The van der Waals surface area contributed by atoms with Crippen LogP contribution in [0.15, 0.2) is 0 Å². The van der Waals surface area contributed by atoms with E-state index in [1.54, 1.807) is 0 Å². The van der Waals surface area contributed by atoms with Gasteiger partial charge < -0.3 is 15.5 Å². The van der Waals surface area contributed by atoms with Gasteiger partial charge in [-0.15, -0.1) is 24.8 Å². The van der Waals surface area contributed by atoms with Crippen molar-refractivity contribution in [2.45, 2.75) is 38.8 Å². The molecule has 0 radical (unpaired) electrons. The van der Waals surface area contributed by atoms with Crippen molar-refractivity contribution in [1.82, 2.24) is 15.5 Å². The van der Waals surface area contributed by atoms with Crippen molar-refractivity contribution in [3.63, 3.8) is 0 Å². The first-order valence-corrected chi connectivity index (χ1v) is 8.07. The SMILES string of the molecule is CCC(C)N(C)CCNC(=O)CC1CSCCN1.Cl.Cl. The molecule has 0 aromatic heterocycles. The van der Waals surface area contributed by atoms with Gasteiger partial charge in [-0.3, -0.25) is 4.79 Å². The van der Waals surface area contributed by atoms with Crippen molar-refractivity contribution in [1.29, 1.82) is 0 Å². The molecule has 0 aliphatic carbocycles. The molecule has 7 heteroatoms. The van der Waals surface area contributed by atoms with Gasteiger partial charge in [-0.25, -0.2) is 0 Å². The van der Waals surface area contributed by atoms with Crippen LogP contribution in [0.5, 0.6) is 0 Å². The predicted molar refractivity (Wildman–Crippen MR) is 93.6 cm³/mol. The van der Waals surface area contributed by atoms with E-state index in [2.05, 4.69) is 36.4 Å². The molecule has 1 heterocycles. The van der Waals surface area contributed by atoms with Crippen LogP contribution in [0.25, 0.3) is 0 Å². The third kappa shape index (κ3) is 9.29. The predicted octanol–water partition coefficient (Wildman–Crippen LogP) is 1.77. The van der Waals surface area contributed by atoms with Crippen LogP contribution in [-0.2, 0) is 4.79 Å². The van der Waals surface area contributed by atoms with Crippen molar-refractivity contribution in [3.05, 3.63) is 0 Å². The molecular formula is C13H29Cl2N3OS. The summed E-state index contributed by atoms with van der Waals surface area (Å²) in [5, 5.41) is 6.39. The summed E-state index contributed by atoms with van der Waals surface area (Å²) in [4.78, 5) is 14.0. The van der Waals surface area contributed by atoms with Crippen LogP contribution < -0.4 is 10.6 Å². The number of rotatable bonds is 7. The fourth-order valence-corrected chi connectivity index (χ4v) is 2.90. The van der Waals surface area contributed by atoms with Crippen LogP contribution in [-0.4, -0.2) is 61.1 Å². The minimum Gasteiger partial charge on any atom is -0.355 e. The first-order chi connectivity index (χ1) is 8.63. The molecule has 1 amide bonds. The van der Waals surface area contributed by atoms with Gasteiger partial charge in [0.05, 0.1) is 0 Å². The molecule has 0 bridgehead atoms. The molecule has 0 aromatic carbocycles. The second-order valence-electron chi connectivity index (χ2n) is 5.02. The Labute approximate surface area is 140 Å². The van der Waals surface area contributed by atoms with E-state index >= 15 is 0 Å². The summed E-state index contributed by atoms with van der Waals surface area (Å²) in [6.45, 7) is 7.10. The molecule has 0 saturated carbocycles. The Morgan fingerprint density at radius 1 is 1.50 bits per heavy atom. The van der Waals surface area contributed by atoms with Crippen LogP contribution in [0.2, 0.25) is 0 Å². The van der Waals surface area contributed by atoms with Gasteiger partial charge >= 0.3 is 0 Å². The van der Waals surface area contributed by atoms with Gasteiger partial charge in [-0.05, 0) is 20.4 Å². The van der Waals surface area contributed by atoms with Crippen LogP contribution in [0, 0.1) is 0 Å². The van der Waals surface area contributed by atoms with E-state index in [0.717, 1.165) is 37.6 Å². The zero-order valence-electron chi connectivity index (χ0n) is 12.7. The molecule has 2 atom stereocenters. The molecule has 20 heavy (non-hydrogen) atoms. The minimum atomic E-state index is 0. The zero-order valence-corrected chi connectivity index (χ0v) is 15.1. The van der Waals surface area contributed by atoms with Gasteiger partial charge in [0, 0.05) is 49.6 Å². The molecule has 0 aromatic rings. The smallest absolute Gasteiger partial charge is 0.221 e. The number of nitrogens with zero attached hydrogens (tertiary/aromatic N) is 1. The summed E-state index contributed by atoms with van der Waals surface area (Å²) >= 11 is 1.93. The molecule has 4 nitrogen and oxygen atoms in total. The number of hydrogen-bond acceptors (Lipinski definition) is 4. The summed E-state index contributed by atoms with van der Waals surface area (Å²) in [5.74, 6) is 2.39. The van der Waals surface area contributed by atoms with E-state index in [0.29, 0.717) is 18.5 Å². The van der Waals surface area contributed by atoms with Crippen LogP contribution in [0.3, 0.4) is 0 Å². The standard InChI is InChI=1S/C13H27N3OS.2ClH/c1-4-11(2)16(3)7-5-15-13(17)9-12-10-18-8-6-14-12;;/h11-12,14H,4-10H2,1-3H3,(H,15,17);2*1H. The molecular weight excluding hydrogens is 317 g/mol. The fourth-order valence-electron chi connectivity index (χ4n) is 1.95. The Kier molecular flexibility index (Phi) is 14.7. The number of halogens is 2. The second-order valence-corrected chi connectivity index (χ2v) is 6.17. The van der Waals surface area contributed by atoms with Gasteiger partial charge in [0.15, 0.2) is 0 Å². The molecule has 1 aliphatic heterocycles. The lowest BCUT2D eigenvalue weighted by Gasteiger charge is -2.24. The highest BCUT2D eigenvalue weighted by atomic mass is 35.5. The van der Waals surface area contributed by atoms with E-state index < -0.39 is 0 Å². The Bertz CT molecular complexity index is 254. The maximum Gasteiger partial charge on any atom is 0.221 e.